The molecule has 15 heteroatoms. The van der Waals surface area contributed by atoms with Crippen molar-refractivity contribution in [2.24, 2.45) is 5.73 Å². The van der Waals surface area contributed by atoms with Gasteiger partial charge in [-0.05, 0) is 61.2 Å². The fraction of sp³-hybridized carbons (Fsp3) is 0.387. The van der Waals surface area contributed by atoms with Crippen LogP contribution in [0.5, 0.6) is 5.75 Å². The summed E-state index contributed by atoms with van der Waals surface area (Å²) in [7, 11) is -3.38. The minimum Gasteiger partial charge on any atom is -0.483 e. The number of nitrogens with one attached hydrogen (secondary N) is 3. The summed E-state index contributed by atoms with van der Waals surface area (Å²) in [5.74, 6) is -2.19. The van der Waals surface area contributed by atoms with E-state index in [2.05, 4.69) is 28.6 Å². The molecule has 1 aliphatic heterocycles. The van der Waals surface area contributed by atoms with E-state index in [1.54, 1.807) is 36.4 Å². The van der Waals surface area contributed by atoms with Crippen LogP contribution in [0.25, 0.3) is 11.1 Å². The van der Waals surface area contributed by atoms with E-state index in [-0.39, 0.29) is 42.7 Å². The van der Waals surface area contributed by atoms with Gasteiger partial charge < -0.3 is 31.2 Å². The molecule has 0 aromatic heterocycles. The first kappa shape index (κ1) is 36.3. The highest BCUT2D eigenvalue weighted by atomic mass is 32.2. The maximum atomic E-state index is 13.1. The van der Waals surface area contributed by atoms with Gasteiger partial charge in [-0.2, -0.15) is 12.6 Å². The van der Waals surface area contributed by atoms with Crippen LogP contribution in [0.3, 0.4) is 0 Å². The number of hydrogen-bond acceptors (Lipinski definition) is 11. The second-order valence-corrected chi connectivity index (χ2v) is 12.8. The lowest BCUT2D eigenvalue weighted by molar-refractivity contribution is -0.134. The molecule has 46 heavy (non-hydrogen) atoms. The number of rotatable bonds is 18. The van der Waals surface area contributed by atoms with Crippen molar-refractivity contribution < 1.29 is 41.9 Å². The van der Waals surface area contributed by atoms with Crippen molar-refractivity contribution in [1.29, 1.82) is 0 Å². The van der Waals surface area contributed by atoms with Crippen molar-refractivity contribution in [3.63, 3.8) is 0 Å². The number of ketones is 1. The third kappa shape index (κ3) is 11.0. The molecule has 3 rings (SSSR count). The fourth-order valence-electron chi connectivity index (χ4n) is 4.47. The lowest BCUT2D eigenvalue weighted by Gasteiger charge is -2.19. The zero-order valence-electron chi connectivity index (χ0n) is 25.4. The van der Waals surface area contributed by atoms with E-state index in [4.69, 9.17) is 15.2 Å². The molecule has 1 aliphatic rings. The predicted molar refractivity (Wildman–Crippen MR) is 174 cm³/mol. The van der Waals surface area contributed by atoms with Crippen molar-refractivity contribution in [3.05, 3.63) is 59.7 Å². The molecule has 0 saturated heterocycles. The van der Waals surface area contributed by atoms with Gasteiger partial charge in [0.05, 0.1) is 35.9 Å². The Morgan fingerprint density at radius 1 is 0.870 bits per heavy atom. The van der Waals surface area contributed by atoms with Gasteiger partial charge >= 0.3 is 5.97 Å². The largest absolute Gasteiger partial charge is 0.483 e. The Kier molecular flexibility index (Phi) is 13.8. The van der Waals surface area contributed by atoms with Crippen LogP contribution in [0.4, 0.5) is 0 Å². The highest BCUT2D eigenvalue weighted by molar-refractivity contribution is 7.90. The van der Waals surface area contributed by atoms with Gasteiger partial charge in [0.25, 0.3) is 0 Å². The predicted octanol–water partition coefficient (Wildman–Crippen LogP) is 0.672. The van der Waals surface area contributed by atoms with Crippen LogP contribution >= 0.6 is 12.6 Å². The Balaban J connectivity index is 1.66. The number of ether oxygens (including phenoxy) is 2. The Bertz CT molecular complexity index is 1560. The molecule has 0 radical (unpaired) electrons. The van der Waals surface area contributed by atoms with Crippen LogP contribution < -0.4 is 26.4 Å². The summed E-state index contributed by atoms with van der Waals surface area (Å²) in [5.41, 5.74) is 7.75. The minimum atomic E-state index is -3.38. The normalized spacial score (nSPS) is 13.5. The molecular formula is C31H38N4O9S2. The lowest BCUT2D eigenvalue weighted by Crippen LogP contribution is -2.44. The molecule has 248 valence electrons. The summed E-state index contributed by atoms with van der Waals surface area (Å²) >= 11 is 3.79. The molecule has 0 saturated carbocycles. The number of sulfone groups is 1. The quantitative estimate of drug-likeness (QED) is 0.0851. The molecule has 5 N–H and O–H groups in total. The number of amides is 3. The van der Waals surface area contributed by atoms with Gasteiger partial charge in [-0.25, -0.2) is 13.2 Å². The number of carbonyl (C=O) groups is 5. The molecular weight excluding hydrogens is 636 g/mol. The molecule has 2 aromatic rings. The van der Waals surface area contributed by atoms with Gasteiger partial charge in [0, 0.05) is 11.8 Å². The molecule has 2 aromatic carbocycles. The fourth-order valence-corrected chi connectivity index (χ4v) is 5.21. The standard InChI is InChI=1S/C31H38N4O9S2/c1-46(41,42)23-12-8-20(9-13-23)24-18-43-31(40)30(24)21-6-10-22(11-7-21)44-26(5-3-2-4-14-32)25(36)15-33-27(37)16-34-28(38)17-35-29(39)19-45/h6-13,26,45H,2-5,14-19,32H2,1H3,(H,33,37)(H,34,38)(H,35,39). The van der Waals surface area contributed by atoms with E-state index in [1.165, 1.54) is 12.1 Å². The number of unbranched alkanes of at least 4 members (excludes halogenated alkanes) is 2. The number of Topliss-reactive ketones (excluding diaryl/α,β-unsaturated/α-hetero) is 1. The molecule has 0 fully saturated rings. The summed E-state index contributed by atoms with van der Waals surface area (Å²) < 4.78 is 35.0. The summed E-state index contributed by atoms with van der Waals surface area (Å²) in [4.78, 5) is 61.0. The van der Waals surface area contributed by atoms with Gasteiger partial charge in [0.15, 0.2) is 21.7 Å². The molecule has 1 unspecified atom stereocenters. The summed E-state index contributed by atoms with van der Waals surface area (Å²) in [6.07, 6.45) is 2.85. The highest BCUT2D eigenvalue weighted by Gasteiger charge is 2.28. The molecule has 1 heterocycles. The number of esters is 1. The molecule has 0 bridgehead atoms. The van der Waals surface area contributed by atoms with Gasteiger partial charge in [0.1, 0.15) is 12.4 Å². The van der Waals surface area contributed by atoms with Gasteiger partial charge in [-0.1, -0.05) is 30.7 Å². The van der Waals surface area contributed by atoms with Gasteiger partial charge in [-0.15, -0.1) is 0 Å². The van der Waals surface area contributed by atoms with E-state index in [9.17, 15) is 32.4 Å². The van der Waals surface area contributed by atoms with Crippen molar-refractivity contribution in [2.75, 3.05) is 44.8 Å². The number of cyclic esters (lactones) is 1. The topological polar surface area (TPSA) is 200 Å². The third-order valence-corrected chi connectivity index (χ3v) is 8.35. The number of nitrogens with two attached hydrogens (primary N) is 1. The first-order valence-electron chi connectivity index (χ1n) is 14.5. The summed E-state index contributed by atoms with van der Waals surface area (Å²) in [6.45, 7) is -0.462. The summed E-state index contributed by atoms with van der Waals surface area (Å²) in [5, 5.41) is 7.15. The van der Waals surface area contributed by atoms with Crippen molar-refractivity contribution in [2.45, 2.75) is 36.7 Å². The Morgan fingerprint density at radius 3 is 2.04 bits per heavy atom. The molecule has 1 atom stereocenters. The van der Waals surface area contributed by atoms with Crippen LogP contribution in [-0.4, -0.2) is 88.8 Å². The molecule has 13 nitrogen and oxygen atoms in total. The first-order valence-corrected chi connectivity index (χ1v) is 17.1. The average molecular weight is 675 g/mol. The second-order valence-electron chi connectivity index (χ2n) is 10.4. The van der Waals surface area contributed by atoms with Gasteiger partial charge in [-0.3, -0.25) is 19.2 Å². The Morgan fingerprint density at radius 2 is 1.46 bits per heavy atom. The van der Waals surface area contributed by atoms with E-state index in [1.807, 2.05) is 0 Å². The lowest BCUT2D eigenvalue weighted by atomic mass is 9.96. The number of thiol groups is 1. The number of hydrogen-bond donors (Lipinski definition) is 5. The zero-order valence-corrected chi connectivity index (χ0v) is 27.1. The van der Waals surface area contributed by atoms with E-state index < -0.39 is 39.6 Å². The second kappa shape index (κ2) is 17.5. The third-order valence-electron chi connectivity index (χ3n) is 6.93. The molecule has 0 aliphatic carbocycles. The van der Waals surface area contributed by atoms with Crippen LogP contribution in [0.2, 0.25) is 0 Å². The van der Waals surface area contributed by atoms with E-state index >= 15 is 0 Å². The SMILES string of the molecule is CS(=O)(=O)c1ccc(C2=C(c3ccc(OC(CCCCCN)C(=O)CNC(=O)CNC(=O)CNC(=O)CS)cc3)C(=O)OC2)cc1. The summed E-state index contributed by atoms with van der Waals surface area (Å²) in [6, 6.07) is 12.8. The number of carbonyl (C=O) groups excluding carboxylic acids is 5. The molecule has 0 spiro atoms. The number of benzene rings is 2. The maximum absolute atomic E-state index is 13.1. The van der Waals surface area contributed by atoms with Crippen molar-refractivity contribution in [3.8, 4) is 5.75 Å². The highest BCUT2D eigenvalue weighted by Crippen LogP contribution is 2.34. The minimum absolute atomic E-state index is 0.0338. The smallest absolute Gasteiger partial charge is 0.339 e. The Hall–Kier alpha value is -4.21. The van der Waals surface area contributed by atoms with Crippen LogP contribution in [0, 0.1) is 0 Å². The van der Waals surface area contributed by atoms with Crippen LogP contribution in [0.1, 0.15) is 36.8 Å². The van der Waals surface area contributed by atoms with Crippen molar-refractivity contribution >= 4 is 63.1 Å². The van der Waals surface area contributed by atoms with Crippen LogP contribution in [-0.2, 0) is 38.5 Å². The Labute approximate surface area is 273 Å². The van der Waals surface area contributed by atoms with Crippen LogP contribution in [0.15, 0.2) is 53.4 Å². The average Bonchev–Trinajstić information content (AvgIpc) is 3.43. The van der Waals surface area contributed by atoms with E-state index in [0.717, 1.165) is 19.1 Å². The first-order chi connectivity index (χ1) is 21.9. The monoisotopic (exact) mass is 674 g/mol. The molecule has 3 amide bonds. The van der Waals surface area contributed by atoms with E-state index in [0.29, 0.717) is 47.4 Å². The maximum Gasteiger partial charge on any atom is 0.339 e. The van der Waals surface area contributed by atoms with Crippen molar-refractivity contribution in [1.82, 2.24) is 16.0 Å². The zero-order chi connectivity index (χ0) is 33.7. The van der Waals surface area contributed by atoms with Gasteiger partial charge in [0.2, 0.25) is 17.7 Å².